The summed E-state index contributed by atoms with van der Waals surface area (Å²) in [7, 11) is -1.69. The Morgan fingerprint density at radius 1 is 1.05 bits per heavy atom. The summed E-state index contributed by atoms with van der Waals surface area (Å²) >= 11 is 0. The molecule has 1 rings (SSSR count). The van der Waals surface area contributed by atoms with Gasteiger partial charge in [0.1, 0.15) is 0 Å². The normalized spacial score (nSPS) is 26.1. The van der Waals surface area contributed by atoms with E-state index in [1.807, 2.05) is 0 Å². The zero-order valence-electron chi connectivity index (χ0n) is 15.4. The van der Waals surface area contributed by atoms with Gasteiger partial charge in [0.05, 0.1) is 0 Å². The molecule has 2 nitrogen and oxygen atoms in total. The Morgan fingerprint density at radius 3 is 1.90 bits per heavy atom. The predicted molar refractivity (Wildman–Crippen MR) is 94.0 cm³/mol. The molecule has 0 aromatic heterocycles. The molecule has 1 unspecified atom stereocenters. The number of rotatable bonds is 6. The minimum Gasteiger partial charge on any atom is -0.416 e. The summed E-state index contributed by atoms with van der Waals surface area (Å²) in [5.41, 5.74) is 0. The molecular formula is C18H38O2Si. The van der Waals surface area contributed by atoms with Crippen molar-refractivity contribution in [3.8, 4) is 0 Å². The first kappa shape index (κ1) is 19.2. The van der Waals surface area contributed by atoms with Crippen molar-refractivity contribution < 1.29 is 9.53 Å². The van der Waals surface area contributed by atoms with E-state index in [0.29, 0.717) is 11.8 Å². The number of aliphatic hydroxyl groups excluding tert-OH is 1. The molecule has 0 spiro atoms. The highest BCUT2D eigenvalue weighted by Gasteiger charge is 2.38. The van der Waals surface area contributed by atoms with Crippen LogP contribution in [-0.2, 0) is 4.43 Å². The van der Waals surface area contributed by atoms with Gasteiger partial charge in [-0.25, -0.2) is 0 Å². The van der Waals surface area contributed by atoms with Crippen molar-refractivity contribution in [3.05, 3.63) is 0 Å². The Morgan fingerprint density at radius 2 is 1.52 bits per heavy atom. The molecule has 1 N–H and O–H groups in total. The van der Waals surface area contributed by atoms with Crippen LogP contribution in [0.4, 0.5) is 0 Å². The standard InChI is InChI=1S/C18H38O2Si/c1-14(2)15-8-10-16(11-9-15)17(12-19)13-20-21(6,7)18(3,4)5/h14-17,19H,8-13H2,1-7H3. The van der Waals surface area contributed by atoms with E-state index in [2.05, 4.69) is 47.7 Å². The molecule has 0 bridgehead atoms. The molecule has 1 fully saturated rings. The molecule has 1 saturated carbocycles. The largest absolute Gasteiger partial charge is 0.416 e. The van der Waals surface area contributed by atoms with E-state index in [9.17, 15) is 5.11 Å². The first-order valence-corrected chi connectivity index (χ1v) is 11.7. The second-order valence-electron chi connectivity index (χ2n) is 8.93. The molecular weight excluding hydrogens is 276 g/mol. The van der Waals surface area contributed by atoms with Gasteiger partial charge in [0.25, 0.3) is 0 Å². The van der Waals surface area contributed by atoms with Crippen LogP contribution in [0.25, 0.3) is 0 Å². The van der Waals surface area contributed by atoms with Gasteiger partial charge in [0.2, 0.25) is 0 Å². The van der Waals surface area contributed by atoms with Gasteiger partial charge in [-0.2, -0.15) is 0 Å². The summed E-state index contributed by atoms with van der Waals surface area (Å²) in [5, 5.41) is 10.0. The van der Waals surface area contributed by atoms with Crippen LogP contribution in [0.5, 0.6) is 0 Å². The highest BCUT2D eigenvalue weighted by atomic mass is 28.4. The topological polar surface area (TPSA) is 29.5 Å². The van der Waals surface area contributed by atoms with Gasteiger partial charge in [-0.05, 0) is 61.6 Å². The molecule has 126 valence electrons. The molecule has 0 heterocycles. The fraction of sp³-hybridized carbons (Fsp3) is 1.00. The van der Waals surface area contributed by atoms with E-state index in [4.69, 9.17) is 4.43 Å². The Balaban J connectivity index is 2.50. The molecule has 0 aromatic carbocycles. The summed E-state index contributed by atoms with van der Waals surface area (Å²) in [6.07, 6.45) is 5.21. The second-order valence-corrected chi connectivity index (χ2v) is 13.7. The molecule has 0 aromatic rings. The molecule has 0 saturated heterocycles. The molecule has 21 heavy (non-hydrogen) atoms. The van der Waals surface area contributed by atoms with Crippen LogP contribution in [0.15, 0.2) is 0 Å². The quantitative estimate of drug-likeness (QED) is 0.693. The van der Waals surface area contributed by atoms with Crippen molar-refractivity contribution in [1.29, 1.82) is 0 Å². The lowest BCUT2D eigenvalue weighted by atomic mass is 9.73. The predicted octanol–water partition coefficient (Wildman–Crippen LogP) is 5.08. The van der Waals surface area contributed by atoms with Crippen LogP contribution < -0.4 is 0 Å². The first-order chi connectivity index (χ1) is 9.58. The van der Waals surface area contributed by atoms with E-state index in [1.165, 1.54) is 25.7 Å². The fourth-order valence-electron chi connectivity index (χ4n) is 3.15. The smallest absolute Gasteiger partial charge is 0.191 e. The molecule has 1 aliphatic rings. The highest BCUT2D eigenvalue weighted by molar-refractivity contribution is 6.74. The van der Waals surface area contributed by atoms with Crippen LogP contribution in [0.2, 0.25) is 18.1 Å². The second kappa shape index (κ2) is 7.61. The lowest BCUT2D eigenvalue weighted by molar-refractivity contribution is 0.0772. The lowest BCUT2D eigenvalue weighted by Crippen LogP contribution is -2.43. The Labute approximate surface area is 133 Å². The maximum Gasteiger partial charge on any atom is 0.191 e. The number of aliphatic hydroxyl groups is 1. The fourth-order valence-corrected chi connectivity index (χ4v) is 4.22. The maximum absolute atomic E-state index is 9.79. The van der Waals surface area contributed by atoms with Crippen molar-refractivity contribution >= 4 is 8.32 Å². The van der Waals surface area contributed by atoms with E-state index in [1.54, 1.807) is 0 Å². The monoisotopic (exact) mass is 314 g/mol. The van der Waals surface area contributed by atoms with Crippen LogP contribution in [-0.4, -0.2) is 26.6 Å². The molecule has 0 aliphatic heterocycles. The molecule has 0 radical (unpaired) electrons. The summed E-state index contributed by atoms with van der Waals surface area (Å²) in [5.74, 6) is 2.70. The number of hydrogen-bond acceptors (Lipinski definition) is 2. The van der Waals surface area contributed by atoms with Crippen molar-refractivity contribution in [1.82, 2.24) is 0 Å². The van der Waals surface area contributed by atoms with Crippen LogP contribution in [0.3, 0.4) is 0 Å². The molecule has 1 aliphatic carbocycles. The SMILES string of the molecule is CC(C)C1CCC(C(CO)CO[Si](C)(C)C(C)(C)C)CC1. The zero-order chi connectivity index (χ0) is 16.3. The summed E-state index contributed by atoms with van der Waals surface area (Å²) in [4.78, 5) is 0. The average Bonchev–Trinajstić information content (AvgIpc) is 2.38. The highest BCUT2D eigenvalue weighted by Crippen LogP contribution is 2.39. The molecule has 1 atom stereocenters. The molecule has 0 amide bonds. The van der Waals surface area contributed by atoms with Gasteiger partial charge in [0, 0.05) is 19.1 Å². The van der Waals surface area contributed by atoms with E-state index in [0.717, 1.165) is 18.4 Å². The van der Waals surface area contributed by atoms with Crippen LogP contribution >= 0.6 is 0 Å². The lowest BCUT2D eigenvalue weighted by Gasteiger charge is -2.39. The third-order valence-corrected chi connectivity index (χ3v) is 10.6. The van der Waals surface area contributed by atoms with Gasteiger partial charge in [-0.15, -0.1) is 0 Å². The minimum absolute atomic E-state index is 0.252. The van der Waals surface area contributed by atoms with Crippen molar-refractivity contribution in [2.75, 3.05) is 13.2 Å². The van der Waals surface area contributed by atoms with Crippen LogP contribution in [0, 0.1) is 23.7 Å². The zero-order valence-corrected chi connectivity index (χ0v) is 16.4. The van der Waals surface area contributed by atoms with Gasteiger partial charge >= 0.3 is 0 Å². The Bertz CT molecular complexity index is 299. The summed E-state index contributed by atoms with van der Waals surface area (Å²) in [6.45, 7) is 17.2. The van der Waals surface area contributed by atoms with Crippen molar-refractivity contribution in [3.63, 3.8) is 0 Å². The van der Waals surface area contributed by atoms with E-state index in [-0.39, 0.29) is 11.6 Å². The van der Waals surface area contributed by atoms with Gasteiger partial charge in [-0.3, -0.25) is 0 Å². The third kappa shape index (κ3) is 5.37. The van der Waals surface area contributed by atoms with E-state index < -0.39 is 8.32 Å². The first-order valence-electron chi connectivity index (χ1n) is 8.83. The van der Waals surface area contributed by atoms with E-state index >= 15 is 0 Å². The maximum atomic E-state index is 9.79. The van der Waals surface area contributed by atoms with Gasteiger partial charge in [0.15, 0.2) is 8.32 Å². The minimum atomic E-state index is -1.69. The van der Waals surface area contributed by atoms with Crippen LogP contribution in [0.1, 0.15) is 60.3 Å². The average molecular weight is 315 g/mol. The third-order valence-electron chi connectivity index (χ3n) is 6.12. The summed E-state index contributed by atoms with van der Waals surface area (Å²) in [6, 6.07) is 0. The Hall–Kier alpha value is 0.137. The van der Waals surface area contributed by atoms with Crippen molar-refractivity contribution in [2.24, 2.45) is 23.7 Å². The Kier molecular flexibility index (Phi) is 6.95. The summed E-state index contributed by atoms with van der Waals surface area (Å²) < 4.78 is 6.35. The van der Waals surface area contributed by atoms with Gasteiger partial charge < -0.3 is 9.53 Å². The van der Waals surface area contributed by atoms with Crippen molar-refractivity contribution in [2.45, 2.75) is 78.4 Å². The molecule has 3 heteroatoms. The number of hydrogen-bond donors (Lipinski definition) is 1. The van der Waals surface area contributed by atoms with Gasteiger partial charge in [-0.1, -0.05) is 34.6 Å².